The Balaban J connectivity index is 1.66. The minimum atomic E-state index is -0.500. The van der Waals surface area contributed by atoms with Gasteiger partial charge in [-0.05, 0) is 41.9 Å². The van der Waals surface area contributed by atoms with Crippen LogP contribution in [0.25, 0.3) is 0 Å². The lowest BCUT2D eigenvalue weighted by Crippen LogP contribution is -2.43. The van der Waals surface area contributed by atoms with E-state index in [-0.39, 0.29) is 42.8 Å². The SMILES string of the molecule is C[C@@H]1CCCC[C@@H]1NC(=O)COC(=O)CCNC(=O)c1ccc(C(C)(C)C)cc1. The monoisotopic (exact) mass is 402 g/mol. The number of hydrogen-bond acceptors (Lipinski definition) is 4. The zero-order valence-electron chi connectivity index (χ0n) is 18.0. The number of rotatable bonds is 7. The Morgan fingerprint density at radius 3 is 2.34 bits per heavy atom. The van der Waals surface area contributed by atoms with E-state index in [9.17, 15) is 14.4 Å². The Morgan fingerprint density at radius 1 is 1.07 bits per heavy atom. The van der Waals surface area contributed by atoms with Crippen LogP contribution in [0.2, 0.25) is 0 Å². The fraction of sp³-hybridized carbons (Fsp3) is 0.609. The molecule has 2 N–H and O–H groups in total. The minimum absolute atomic E-state index is 0.0267. The summed E-state index contributed by atoms with van der Waals surface area (Å²) in [5, 5.41) is 5.66. The molecule has 1 aromatic rings. The molecule has 0 aliphatic heterocycles. The predicted octanol–water partition coefficient (Wildman–Crippen LogP) is 3.34. The highest BCUT2D eigenvalue weighted by Gasteiger charge is 2.23. The van der Waals surface area contributed by atoms with Gasteiger partial charge in [0.1, 0.15) is 0 Å². The van der Waals surface area contributed by atoms with Crippen molar-refractivity contribution in [3.05, 3.63) is 35.4 Å². The van der Waals surface area contributed by atoms with Crippen LogP contribution in [-0.4, -0.2) is 37.0 Å². The topological polar surface area (TPSA) is 84.5 Å². The summed E-state index contributed by atoms with van der Waals surface area (Å²) in [7, 11) is 0. The highest BCUT2D eigenvalue weighted by atomic mass is 16.5. The summed E-state index contributed by atoms with van der Waals surface area (Å²) in [5.74, 6) is -0.543. The zero-order valence-corrected chi connectivity index (χ0v) is 18.0. The van der Waals surface area contributed by atoms with Crippen molar-refractivity contribution in [2.45, 2.75) is 71.3 Å². The molecule has 0 saturated heterocycles. The van der Waals surface area contributed by atoms with Crippen molar-refractivity contribution in [1.29, 1.82) is 0 Å². The molecule has 29 heavy (non-hydrogen) atoms. The minimum Gasteiger partial charge on any atom is -0.456 e. The maximum absolute atomic E-state index is 12.2. The molecular formula is C23H34N2O4. The molecule has 0 unspecified atom stereocenters. The van der Waals surface area contributed by atoms with Crippen LogP contribution in [0.4, 0.5) is 0 Å². The van der Waals surface area contributed by atoms with Gasteiger partial charge >= 0.3 is 5.97 Å². The van der Waals surface area contributed by atoms with E-state index in [4.69, 9.17) is 4.74 Å². The van der Waals surface area contributed by atoms with E-state index in [1.54, 1.807) is 12.1 Å². The first kappa shape index (κ1) is 22.9. The summed E-state index contributed by atoms with van der Waals surface area (Å²) in [5.41, 5.74) is 1.73. The number of carbonyl (C=O) groups excluding carboxylic acids is 3. The summed E-state index contributed by atoms with van der Waals surface area (Å²) >= 11 is 0. The molecule has 0 bridgehead atoms. The van der Waals surface area contributed by atoms with E-state index >= 15 is 0 Å². The van der Waals surface area contributed by atoms with Crippen molar-refractivity contribution in [2.75, 3.05) is 13.2 Å². The van der Waals surface area contributed by atoms with Gasteiger partial charge in [-0.3, -0.25) is 14.4 Å². The van der Waals surface area contributed by atoms with Gasteiger partial charge in [-0.15, -0.1) is 0 Å². The van der Waals surface area contributed by atoms with Crippen LogP contribution in [0.3, 0.4) is 0 Å². The fourth-order valence-corrected chi connectivity index (χ4v) is 3.50. The van der Waals surface area contributed by atoms with Crippen LogP contribution in [-0.2, 0) is 19.7 Å². The van der Waals surface area contributed by atoms with Gasteiger partial charge in [0, 0.05) is 18.2 Å². The third-order valence-corrected chi connectivity index (χ3v) is 5.45. The molecule has 6 nitrogen and oxygen atoms in total. The first-order chi connectivity index (χ1) is 13.7. The molecule has 1 aromatic carbocycles. The zero-order chi connectivity index (χ0) is 21.4. The van der Waals surface area contributed by atoms with Crippen molar-refractivity contribution in [2.24, 2.45) is 5.92 Å². The van der Waals surface area contributed by atoms with Crippen molar-refractivity contribution in [3.63, 3.8) is 0 Å². The average Bonchev–Trinajstić information content (AvgIpc) is 2.67. The molecule has 0 radical (unpaired) electrons. The predicted molar refractivity (Wildman–Crippen MR) is 113 cm³/mol. The van der Waals surface area contributed by atoms with Gasteiger partial charge in [-0.1, -0.05) is 52.7 Å². The number of esters is 1. The number of nitrogens with one attached hydrogen (secondary N) is 2. The van der Waals surface area contributed by atoms with Crippen LogP contribution < -0.4 is 10.6 Å². The first-order valence-corrected chi connectivity index (χ1v) is 10.5. The Labute approximate surface area is 173 Å². The van der Waals surface area contributed by atoms with Crippen molar-refractivity contribution in [1.82, 2.24) is 10.6 Å². The summed E-state index contributed by atoms with van der Waals surface area (Å²) in [6.45, 7) is 8.37. The number of benzene rings is 1. The number of amides is 2. The summed E-state index contributed by atoms with van der Waals surface area (Å²) in [6.07, 6.45) is 4.44. The van der Waals surface area contributed by atoms with Gasteiger partial charge in [0.2, 0.25) is 0 Å². The highest BCUT2D eigenvalue weighted by Crippen LogP contribution is 2.23. The van der Waals surface area contributed by atoms with Gasteiger partial charge < -0.3 is 15.4 Å². The smallest absolute Gasteiger partial charge is 0.308 e. The lowest BCUT2D eigenvalue weighted by molar-refractivity contribution is -0.148. The van der Waals surface area contributed by atoms with Crippen LogP contribution in [0.1, 0.15) is 75.7 Å². The molecule has 160 valence electrons. The second-order valence-corrected chi connectivity index (χ2v) is 8.93. The molecule has 1 saturated carbocycles. The Kier molecular flexibility index (Phi) is 8.23. The number of hydrogen-bond donors (Lipinski definition) is 2. The van der Waals surface area contributed by atoms with Crippen molar-refractivity contribution in [3.8, 4) is 0 Å². The summed E-state index contributed by atoms with van der Waals surface area (Å²) in [4.78, 5) is 36.0. The third kappa shape index (κ3) is 7.52. The lowest BCUT2D eigenvalue weighted by Gasteiger charge is -2.29. The van der Waals surface area contributed by atoms with Crippen molar-refractivity contribution < 1.29 is 19.1 Å². The second kappa shape index (κ2) is 10.4. The molecule has 0 aromatic heterocycles. The number of ether oxygens (including phenoxy) is 1. The molecule has 0 spiro atoms. The molecule has 1 fully saturated rings. The molecule has 1 aliphatic rings. The first-order valence-electron chi connectivity index (χ1n) is 10.5. The lowest BCUT2D eigenvalue weighted by atomic mass is 9.86. The normalized spacial score (nSPS) is 19.3. The summed E-state index contributed by atoms with van der Waals surface area (Å²) in [6, 6.07) is 7.61. The van der Waals surface area contributed by atoms with Crippen LogP contribution in [0.5, 0.6) is 0 Å². The Hall–Kier alpha value is -2.37. The van der Waals surface area contributed by atoms with E-state index in [1.807, 2.05) is 12.1 Å². The maximum Gasteiger partial charge on any atom is 0.308 e. The van der Waals surface area contributed by atoms with Gasteiger partial charge in [-0.25, -0.2) is 0 Å². The van der Waals surface area contributed by atoms with E-state index in [2.05, 4.69) is 38.3 Å². The van der Waals surface area contributed by atoms with Gasteiger partial charge in [-0.2, -0.15) is 0 Å². The molecule has 2 amide bonds. The molecular weight excluding hydrogens is 368 g/mol. The Morgan fingerprint density at radius 2 is 1.72 bits per heavy atom. The largest absolute Gasteiger partial charge is 0.456 e. The van der Waals surface area contributed by atoms with Gasteiger partial charge in [0.15, 0.2) is 6.61 Å². The van der Waals surface area contributed by atoms with Crippen LogP contribution in [0, 0.1) is 5.92 Å². The third-order valence-electron chi connectivity index (χ3n) is 5.45. The molecule has 1 aliphatic carbocycles. The molecule has 6 heteroatoms. The number of carbonyl (C=O) groups is 3. The van der Waals surface area contributed by atoms with E-state index < -0.39 is 5.97 Å². The van der Waals surface area contributed by atoms with E-state index in [0.29, 0.717) is 11.5 Å². The van der Waals surface area contributed by atoms with Gasteiger partial charge in [0.05, 0.1) is 6.42 Å². The maximum atomic E-state index is 12.2. The van der Waals surface area contributed by atoms with Crippen LogP contribution >= 0.6 is 0 Å². The van der Waals surface area contributed by atoms with Gasteiger partial charge in [0.25, 0.3) is 11.8 Å². The molecule has 2 rings (SSSR count). The van der Waals surface area contributed by atoms with Crippen molar-refractivity contribution >= 4 is 17.8 Å². The molecule has 0 heterocycles. The highest BCUT2D eigenvalue weighted by molar-refractivity contribution is 5.94. The molecule has 2 atom stereocenters. The second-order valence-electron chi connectivity index (χ2n) is 8.93. The summed E-state index contributed by atoms with van der Waals surface area (Å²) < 4.78 is 5.02. The van der Waals surface area contributed by atoms with E-state index in [0.717, 1.165) is 24.8 Å². The van der Waals surface area contributed by atoms with E-state index in [1.165, 1.54) is 6.42 Å². The average molecular weight is 403 g/mol. The fourth-order valence-electron chi connectivity index (χ4n) is 3.50. The van der Waals surface area contributed by atoms with Crippen LogP contribution in [0.15, 0.2) is 24.3 Å². The quantitative estimate of drug-likeness (QED) is 0.685. The standard InChI is InChI=1S/C23H34N2O4/c1-16-7-5-6-8-19(16)25-20(26)15-29-21(27)13-14-24-22(28)17-9-11-18(12-10-17)23(2,3)4/h9-12,16,19H,5-8,13-15H2,1-4H3,(H,24,28)(H,25,26)/t16-,19+/m1/s1. The Bertz CT molecular complexity index is 707.